The first kappa shape index (κ1) is 18.5. The van der Waals surface area contributed by atoms with Gasteiger partial charge in [0, 0.05) is 0 Å². The summed E-state index contributed by atoms with van der Waals surface area (Å²) in [5.74, 6) is -0.857. The molecule has 0 fully saturated rings. The summed E-state index contributed by atoms with van der Waals surface area (Å²) in [6, 6.07) is 13.1. The summed E-state index contributed by atoms with van der Waals surface area (Å²) >= 11 is 0. The molecule has 2 aromatic rings. The zero-order valence-corrected chi connectivity index (χ0v) is 14.1. The fourth-order valence-corrected chi connectivity index (χ4v) is 2.85. The first-order chi connectivity index (χ1) is 11.4. The third-order valence-corrected chi connectivity index (χ3v) is 4.07. The third-order valence-electron chi connectivity index (χ3n) is 4.07. The quantitative estimate of drug-likeness (QED) is 0.575. The molecule has 0 aliphatic carbocycles. The molecule has 0 aromatic heterocycles. The van der Waals surface area contributed by atoms with Gasteiger partial charge in [-0.2, -0.15) is 0 Å². The molecule has 2 rings (SSSR count). The van der Waals surface area contributed by atoms with Crippen molar-refractivity contribution in [2.24, 2.45) is 11.7 Å². The van der Waals surface area contributed by atoms with E-state index in [9.17, 15) is 14.8 Å². The van der Waals surface area contributed by atoms with Crippen LogP contribution in [0, 0.1) is 5.92 Å². The van der Waals surface area contributed by atoms with Gasteiger partial charge >= 0.3 is 7.12 Å². The van der Waals surface area contributed by atoms with Crippen molar-refractivity contribution in [2.45, 2.75) is 38.7 Å². The zero-order chi connectivity index (χ0) is 17.7. The van der Waals surface area contributed by atoms with Crippen LogP contribution in [0.5, 0.6) is 0 Å². The third kappa shape index (κ3) is 4.80. The van der Waals surface area contributed by atoms with Crippen LogP contribution in [-0.2, 0) is 11.2 Å². The highest BCUT2D eigenvalue weighted by Crippen LogP contribution is 2.19. The Morgan fingerprint density at radius 3 is 2.50 bits per heavy atom. The summed E-state index contributed by atoms with van der Waals surface area (Å²) in [6.45, 7) is 3.91. The number of amides is 1. The highest BCUT2D eigenvalue weighted by molar-refractivity contribution is 6.43. The van der Waals surface area contributed by atoms with Gasteiger partial charge in [0.25, 0.3) is 0 Å². The number of carbonyl (C=O) groups is 1. The lowest BCUT2D eigenvalue weighted by atomic mass is 9.75. The molecule has 5 nitrogen and oxygen atoms in total. The van der Waals surface area contributed by atoms with E-state index in [1.54, 1.807) is 0 Å². The van der Waals surface area contributed by atoms with Crippen molar-refractivity contribution in [2.75, 3.05) is 0 Å². The number of hydrogen-bond donors (Lipinski definition) is 4. The number of hydrogen-bond acceptors (Lipinski definition) is 4. The van der Waals surface area contributed by atoms with Crippen LogP contribution in [0.25, 0.3) is 10.8 Å². The van der Waals surface area contributed by atoms with Crippen LogP contribution in [0.1, 0.15) is 25.8 Å². The molecule has 0 saturated heterocycles. The van der Waals surface area contributed by atoms with Crippen LogP contribution in [-0.4, -0.2) is 35.1 Å². The van der Waals surface area contributed by atoms with Gasteiger partial charge in [-0.15, -0.1) is 0 Å². The topological polar surface area (TPSA) is 95.6 Å². The SMILES string of the molecule is CC(C)C[C@H](NC(=O)[C@@H](N)Cc1cccc2ccccc12)B(O)O. The minimum absolute atomic E-state index is 0.228. The van der Waals surface area contributed by atoms with Crippen molar-refractivity contribution >= 4 is 23.8 Å². The molecule has 128 valence electrons. The van der Waals surface area contributed by atoms with Gasteiger partial charge in [0.05, 0.1) is 12.0 Å². The number of benzene rings is 2. The van der Waals surface area contributed by atoms with Gasteiger partial charge in [-0.25, -0.2) is 0 Å². The first-order valence-electron chi connectivity index (χ1n) is 8.27. The van der Waals surface area contributed by atoms with Gasteiger partial charge in [0.2, 0.25) is 5.91 Å². The Kier molecular flexibility index (Phi) is 6.37. The normalized spacial score (nSPS) is 13.8. The molecule has 0 radical (unpaired) electrons. The Labute approximate surface area is 143 Å². The smallest absolute Gasteiger partial charge is 0.426 e. The minimum Gasteiger partial charge on any atom is -0.426 e. The molecule has 0 unspecified atom stereocenters. The fourth-order valence-electron chi connectivity index (χ4n) is 2.85. The van der Waals surface area contributed by atoms with Gasteiger partial charge < -0.3 is 21.1 Å². The highest BCUT2D eigenvalue weighted by Gasteiger charge is 2.28. The van der Waals surface area contributed by atoms with Crippen LogP contribution < -0.4 is 11.1 Å². The molecule has 24 heavy (non-hydrogen) atoms. The van der Waals surface area contributed by atoms with E-state index in [-0.39, 0.29) is 11.8 Å². The van der Waals surface area contributed by atoms with E-state index in [2.05, 4.69) is 5.32 Å². The van der Waals surface area contributed by atoms with E-state index < -0.39 is 19.1 Å². The lowest BCUT2D eigenvalue weighted by Gasteiger charge is -2.22. The molecule has 0 spiro atoms. The van der Waals surface area contributed by atoms with E-state index in [0.717, 1.165) is 16.3 Å². The molecule has 2 atom stereocenters. The van der Waals surface area contributed by atoms with Crippen molar-refractivity contribution in [3.63, 3.8) is 0 Å². The average molecular weight is 328 g/mol. The predicted molar refractivity (Wildman–Crippen MR) is 97.2 cm³/mol. The molecular weight excluding hydrogens is 303 g/mol. The maximum Gasteiger partial charge on any atom is 0.475 e. The molecule has 0 aliphatic heterocycles. The molecule has 0 heterocycles. The Morgan fingerprint density at radius 1 is 1.17 bits per heavy atom. The van der Waals surface area contributed by atoms with Crippen LogP contribution in [0.2, 0.25) is 0 Å². The minimum atomic E-state index is -1.60. The van der Waals surface area contributed by atoms with Gasteiger partial charge in [0.1, 0.15) is 0 Å². The van der Waals surface area contributed by atoms with Crippen molar-refractivity contribution < 1.29 is 14.8 Å². The number of carbonyl (C=O) groups excluding carboxylic acids is 1. The fraction of sp³-hybridized carbons (Fsp3) is 0.389. The van der Waals surface area contributed by atoms with Crippen molar-refractivity contribution in [3.05, 3.63) is 48.0 Å². The van der Waals surface area contributed by atoms with Crippen molar-refractivity contribution in [3.8, 4) is 0 Å². The maximum atomic E-state index is 12.3. The second kappa shape index (κ2) is 8.28. The molecule has 0 bridgehead atoms. The van der Waals surface area contributed by atoms with Crippen LogP contribution in [0.3, 0.4) is 0 Å². The summed E-state index contributed by atoms with van der Waals surface area (Å²) in [4.78, 5) is 12.3. The number of rotatable bonds is 7. The van der Waals surface area contributed by atoms with Crippen LogP contribution >= 0.6 is 0 Å². The Hall–Kier alpha value is -1.89. The summed E-state index contributed by atoms with van der Waals surface area (Å²) < 4.78 is 0. The largest absolute Gasteiger partial charge is 0.475 e. The Balaban J connectivity index is 2.07. The van der Waals surface area contributed by atoms with Gasteiger partial charge in [-0.05, 0) is 35.1 Å². The number of fused-ring (bicyclic) bond motifs is 1. The summed E-state index contributed by atoms with van der Waals surface area (Å²) in [5.41, 5.74) is 7.04. The number of nitrogens with two attached hydrogens (primary N) is 1. The summed E-state index contributed by atoms with van der Waals surface area (Å²) in [6.07, 6.45) is 0.869. The van der Waals surface area contributed by atoms with E-state index in [0.29, 0.717) is 12.8 Å². The lowest BCUT2D eigenvalue weighted by molar-refractivity contribution is -0.122. The summed E-state index contributed by atoms with van der Waals surface area (Å²) in [5, 5.41) is 23.7. The second-order valence-corrected chi connectivity index (χ2v) is 6.61. The number of nitrogens with one attached hydrogen (secondary N) is 1. The molecule has 5 N–H and O–H groups in total. The average Bonchev–Trinajstić information content (AvgIpc) is 2.54. The maximum absolute atomic E-state index is 12.3. The van der Waals surface area contributed by atoms with Crippen LogP contribution in [0.4, 0.5) is 0 Å². The molecule has 6 heteroatoms. The standard InChI is InChI=1S/C18H25BN2O3/c1-12(2)10-17(19(23)24)21-18(22)16(20)11-14-8-5-7-13-6-3-4-9-15(13)14/h3-9,12,16-17,23-24H,10-11,20H2,1-2H3,(H,21,22)/t16-,17-/m0/s1. The van der Waals surface area contributed by atoms with Crippen LogP contribution in [0.15, 0.2) is 42.5 Å². The van der Waals surface area contributed by atoms with E-state index >= 15 is 0 Å². The molecule has 2 aromatic carbocycles. The predicted octanol–water partition coefficient (Wildman–Crippen LogP) is 1.25. The highest BCUT2D eigenvalue weighted by atomic mass is 16.4. The van der Waals surface area contributed by atoms with Crippen molar-refractivity contribution in [1.82, 2.24) is 5.32 Å². The van der Waals surface area contributed by atoms with Gasteiger partial charge in [0.15, 0.2) is 0 Å². The zero-order valence-electron chi connectivity index (χ0n) is 14.1. The second-order valence-electron chi connectivity index (χ2n) is 6.61. The monoisotopic (exact) mass is 328 g/mol. The van der Waals surface area contributed by atoms with E-state index in [1.807, 2.05) is 56.3 Å². The Morgan fingerprint density at radius 2 is 1.83 bits per heavy atom. The molecule has 0 aliphatic rings. The first-order valence-corrected chi connectivity index (χ1v) is 8.27. The van der Waals surface area contributed by atoms with E-state index in [1.165, 1.54) is 0 Å². The molecular formula is C18H25BN2O3. The van der Waals surface area contributed by atoms with E-state index in [4.69, 9.17) is 5.73 Å². The molecule has 1 amide bonds. The van der Waals surface area contributed by atoms with Gasteiger partial charge in [-0.3, -0.25) is 4.79 Å². The molecule has 0 saturated carbocycles. The Bertz CT molecular complexity index is 686. The van der Waals surface area contributed by atoms with Gasteiger partial charge in [-0.1, -0.05) is 56.3 Å². The lowest BCUT2D eigenvalue weighted by Crippen LogP contribution is -2.52. The summed E-state index contributed by atoms with van der Waals surface area (Å²) in [7, 11) is -1.60. The van der Waals surface area contributed by atoms with Crippen molar-refractivity contribution in [1.29, 1.82) is 0 Å².